The number of ether oxygens (including phenoxy) is 1. The maximum Gasteiger partial charge on any atom is 0.409 e. The Hall–Kier alpha value is -1.93. The number of hydrogen-bond acceptors (Lipinski definition) is 4. The van der Waals surface area contributed by atoms with E-state index in [9.17, 15) is 9.90 Å². The van der Waals surface area contributed by atoms with E-state index < -0.39 is 16.1 Å². The van der Waals surface area contributed by atoms with Gasteiger partial charge in [-0.05, 0) is 29.9 Å². The van der Waals surface area contributed by atoms with Crippen LogP contribution in [0.1, 0.15) is 5.56 Å². The SMILES string of the molecule is O=C(NC(NC(=S)Nc1ccccc1O)C(Cl)(Cl)Cl)OCc1ccccc1. The molecule has 4 N–H and O–H groups in total. The summed E-state index contributed by atoms with van der Waals surface area (Å²) in [6.45, 7) is 0.0554. The summed E-state index contributed by atoms with van der Waals surface area (Å²) in [6.07, 6.45) is -1.98. The highest BCUT2D eigenvalue weighted by atomic mass is 35.6. The molecule has 2 rings (SSSR count). The molecule has 1 amide bonds. The van der Waals surface area contributed by atoms with Gasteiger partial charge in [0.25, 0.3) is 0 Å². The Bertz CT molecular complexity index is 788. The van der Waals surface area contributed by atoms with Crippen LogP contribution in [0, 0.1) is 0 Å². The Balaban J connectivity index is 1.93. The van der Waals surface area contributed by atoms with Gasteiger partial charge in [0.1, 0.15) is 12.4 Å². The summed E-state index contributed by atoms with van der Waals surface area (Å²) in [5.41, 5.74) is 1.16. The van der Waals surface area contributed by atoms with Gasteiger partial charge in [-0.1, -0.05) is 77.3 Å². The van der Waals surface area contributed by atoms with E-state index in [1.165, 1.54) is 6.07 Å². The van der Waals surface area contributed by atoms with Crippen LogP contribution in [-0.2, 0) is 11.3 Å². The molecule has 27 heavy (non-hydrogen) atoms. The number of para-hydroxylation sites is 2. The van der Waals surface area contributed by atoms with Gasteiger partial charge in [-0.2, -0.15) is 0 Å². The lowest BCUT2D eigenvalue weighted by molar-refractivity contribution is 0.135. The van der Waals surface area contributed by atoms with Gasteiger partial charge in [0, 0.05) is 0 Å². The topological polar surface area (TPSA) is 82.6 Å². The molecule has 0 spiro atoms. The van der Waals surface area contributed by atoms with Gasteiger partial charge in [-0.3, -0.25) is 5.32 Å². The second kappa shape index (κ2) is 9.85. The van der Waals surface area contributed by atoms with Gasteiger partial charge in [0.15, 0.2) is 11.3 Å². The van der Waals surface area contributed by atoms with E-state index >= 15 is 0 Å². The fourth-order valence-electron chi connectivity index (χ4n) is 1.95. The zero-order valence-electron chi connectivity index (χ0n) is 13.8. The molecular weight excluding hydrogens is 433 g/mol. The molecule has 0 bridgehead atoms. The fourth-order valence-corrected chi connectivity index (χ4v) is 2.51. The third kappa shape index (κ3) is 7.30. The number of carbonyl (C=O) groups excluding carboxylic acids is 1. The number of rotatable bonds is 5. The minimum Gasteiger partial charge on any atom is -0.506 e. The van der Waals surface area contributed by atoms with Gasteiger partial charge in [0.05, 0.1) is 5.69 Å². The van der Waals surface area contributed by atoms with E-state index in [0.29, 0.717) is 5.69 Å². The van der Waals surface area contributed by atoms with Gasteiger partial charge < -0.3 is 20.5 Å². The first-order chi connectivity index (χ1) is 12.8. The molecule has 0 aliphatic heterocycles. The Kier molecular flexibility index (Phi) is 7.79. The summed E-state index contributed by atoms with van der Waals surface area (Å²) in [6, 6.07) is 15.6. The van der Waals surface area contributed by atoms with Crippen molar-refractivity contribution in [3.05, 3.63) is 60.2 Å². The van der Waals surface area contributed by atoms with Gasteiger partial charge in [0.2, 0.25) is 3.79 Å². The number of phenolic OH excluding ortho intramolecular Hbond substituents is 1. The Morgan fingerprint density at radius 2 is 1.70 bits per heavy atom. The molecule has 0 aliphatic rings. The van der Waals surface area contributed by atoms with Crippen LogP contribution in [0.4, 0.5) is 10.5 Å². The van der Waals surface area contributed by atoms with Crippen molar-refractivity contribution in [2.75, 3.05) is 5.32 Å². The highest BCUT2D eigenvalue weighted by Gasteiger charge is 2.35. The van der Waals surface area contributed by atoms with Crippen LogP contribution in [0.15, 0.2) is 54.6 Å². The van der Waals surface area contributed by atoms with Gasteiger partial charge in [-0.15, -0.1) is 0 Å². The number of halogens is 3. The molecule has 0 radical (unpaired) electrons. The minimum absolute atomic E-state index is 0.0117. The number of aromatic hydroxyl groups is 1. The van der Waals surface area contributed by atoms with Crippen LogP contribution < -0.4 is 16.0 Å². The minimum atomic E-state index is -1.92. The third-order valence-corrected chi connectivity index (χ3v) is 4.10. The average Bonchev–Trinajstić information content (AvgIpc) is 2.61. The smallest absolute Gasteiger partial charge is 0.409 e. The second-order valence-corrected chi connectivity index (χ2v) is 8.07. The normalized spacial score (nSPS) is 12.0. The van der Waals surface area contributed by atoms with Crippen LogP contribution in [0.5, 0.6) is 5.75 Å². The number of benzene rings is 2. The highest BCUT2D eigenvalue weighted by molar-refractivity contribution is 7.80. The molecule has 0 heterocycles. The van der Waals surface area contributed by atoms with E-state index in [-0.39, 0.29) is 17.5 Å². The predicted octanol–water partition coefficient (Wildman–Crippen LogP) is 4.30. The van der Waals surface area contributed by atoms with Crippen LogP contribution in [-0.4, -0.2) is 26.3 Å². The molecule has 6 nitrogen and oxygen atoms in total. The van der Waals surface area contributed by atoms with E-state index in [2.05, 4.69) is 16.0 Å². The third-order valence-electron chi connectivity index (χ3n) is 3.23. The fraction of sp³-hybridized carbons (Fsp3) is 0.176. The average molecular weight is 449 g/mol. The van der Waals surface area contributed by atoms with Crippen molar-refractivity contribution in [1.82, 2.24) is 10.6 Å². The first kappa shape index (κ1) is 21.4. The molecule has 1 unspecified atom stereocenters. The lowest BCUT2D eigenvalue weighted by Crippen LogP contribution is -2.56. The number of phenols is 1. The number of alkyl halides is 3. The van der Waals surface area contributed by atoms with E-state index in [1.807, 2.05) is 30.3 Å². The summed E-state index contributed by atoms with van der Waals surface area (Å²) in [5, 5.41) is 17.6. The standard InChI is InChI=1S/C17H16Cl3N3O3S/c18-17(19,20)14(22-15(27)21-12-8-4-5-9-13(12)24)23-16(25)26-10-11-6-2-1-3-7-11/h1-9,14,24H,10H2,(H,23,25)(H2,21,22,27). The number of carbonyl (C=O) groups is 1. The van der Waals surface area contributed by atoms with Crippen molar-refractivity contribution in [2.45, 2.75) is 16.6 Å². The number of thiocarbonyl (C=S) groups is 1. The predicted molar refractivity (Wildman–Crippen MR) is 111 cm³/mol. The second-order valence-electron chi connectivity index (χ2n) is 5.30. The number of nitrogens with one attached hydrogen (secondary N) is 3. The first-order valence-corrected chi connectivity index (χ1v) is 9.19. The van der Waals surface area contributed by atoms with Gasteiger partial charge in [-0.25, -0.2) is 4.79 Å². The zero-order valence-corrected chi connectivity index (χ0v) is 16.9. The number of hydrogen-bond donors (Lipinski definition) is 4. The summed E-state index contributed by atoms with van der Waals surface area (Å²) < 4.78 is 3.18. The molecule has 2 aromatic carbocycles. The van der Waals surface area contributed by atoms with Crippen molar-refractivity contribution >= 4 is 63.9 Å². The van der Waals surface area contributed by atoms with Crippen molar-refractivity contribution in [2.24, 2.45) is 0 Å². The highest BCUT2D eigenvalue weighted by Crippen LogP contribution is 2.29. The number of amides is 1. The molecule has 0 saturated heterocycles. The lowest BCUT2D eigenvalue weighted by atomic mass is 10.2. The van der Waals surface area contributed by atoms with E-state index in [1.54, 1.807) is 18.2 Å². The van der Waals surface area contributed by atoms with Crippen LogP contribution in [0.25, 0.3) is 0 Å². The summed E-state index contributed by atoms with van der Waals surface area (Å²) in [4.78, 5) is 12.0. The quantitative estimate of drug-likeness (QED) is 0.236. The molecule has 10 heteroatoms. The summed E-state index contributed by atoms with van der Waals surface area (Å²) >= 11 is 22.8. The molecular formula is C17H16Cl3N3O3S. The first-order valence-electron chi connectivity index (χ1n) is 7.65. The Morgan fingerprint density at radius 1 is 1.07 bits per heavy atom. The maximum atomic E-state index is 12.0. The van der Waals surface area contributed by atoms with Crippen molar-refractivity contribution in [1.29, 1.82) is 0 Å². The number of alkyl carbamates (subject to hydrolysis) is 1. The molecule has 0 aliphatic carbocycles. The molecule has 0 saturated carbocycles. The summed E-state index contributed by atoms with van der Waals surface area (Å²) in [5.74, 6) is -0.0117. The largest absolute Gasteiger partial charge is 0.506 e. The molecule has 1 atom stereocenters. The number of anilines is 1. The van der Waals surface area contributed by atoms with E-state index in [4.69, 9.17) is 51.8 Å². The molecule has 144 valence electrons. The summed E-state index contributed by atoms with van der Waals surface area (Å²) in [7, 11) is 0. The van der Waals surface area contributed by atoms with E-state index in [0.717, 1.165) is 5.56 Å². The molecule has 2 aromatic rings. The zero-order chi connectivity index (χ0) is 19.9. The Labute approximate surface area is 176 Å². The van der Waals surface area contributed by atoms with Crippen molar-refractivity contribution in [3.63, 3.8) is 0 Å². The van der Waals surface area contributed by atoms with Crippen LogP contribution >= 0.6 is 47.0 Å². The van der Waals surface area contributed by atoms with Crippen molar-refractivity contribution in [3.8, 4) is 5.75 Å². The van der Waals surface area contributed by atoms with Crippen LogP contribution in [0.2, 0.25) is 0 Å². The molecule has 0 aromatic heterocycles. The van der Waals surface area contributed by atoms with Crippen molar-refractivity contribution < 1.29 is 14.6 Å². The molecule has 0 fully saturated rings. The monoisotopic (exact) mass is 447 g/mol. The maximum absolute atomic E-state index is 12.0. The lowest BCUT2D eigenvalue weighted by Gasteiger charge is -2.27. The Morgan fingerprint density at radius 3 is 2.33 bits per heavy atom. The van der Waals surface area contributed by atoms with Gasteiger partial charge >= 0.3 is 6.09 Å². The van der Waals surface area contributed by atoms with Crippen LogP contribution in [0.3, 0.4) is 0 Å².